The quantitative estimate of drug-likeness (QED) is 0.420. The van der Waals surface area contributed by atoms with Crippen molar-refractivity contribution < 1.29 is 14.7 Å². The molecule has 1 aliphatic rings. The number of rotatable bonds is 8. The van der Waals surface area contributed by atoms with Gasteiger partial charge in [0.05, 0.1) is 0 Å². The minimum absolute atomic E-state index is 0.0501. The van der Waals surface area contributed by atoms with Crippen molar-refractivity contribution in [1.82, 2.24) is 0 Å². The number of ketones is 1. The zero-order valence-corrected chi connectivity index (χ0v) is 12.7. The van der Waals surface area contributed by atoms with Gasteiger partial charge in [0, 0.05) is 25.2 Å². The van der Waals surface area contributed by atoms with Crippen LogP contribution in [-0.2, 0) is 9.59 Å². The summed E-state index contributed by atoms with van der Waals surface area (Å²) in [6.07, 6.45) is 12.8. The fraction of sp³-hybridized carbons (Fsp3) is 0.556. The van der Waals surface area contributed by atoms with Crippen LogP contribution in [0.2, 0.25) is 0 Å². The first kappa shape index (κ1) is 17.2. The molecule has 0 radical (unpaired) electrons. The number of hydrogen-bond donors (Lipinski definition) is 1. The minimum atomic E-state index is -0.749. The van der Waals surface area contributed by atoms with Gasteiger partial charge in [0.1, 0.15) is 0 Å². The van der Waals surface area contributed by atoms with Crippen LogP contribution in [0.15, 0.2) is 24.3 Å². The Hall–Kier alpha value is -1.82. The lowest BCUT2D eigenvalue weighted by Crippen LogP contribution is -2.14. The summed E-state index contributed by atoms with van der Waals surface area (Å²) in [5.74, 6) is 5.95. The molecule has 3 heteroatoms. The van der Waals surface area contributed by atoms with E-state index in [-0.39, 0.29) is 24.0 Å². The number of carboxylic acids is 1. The van der Waals surface area contributed by atoms with Crippen LogP contribution in [0.3, 0.4) is 0 Å². The Morgan fingerprint density at radius 3 is 2.86 bits per heavy atom. The van der Waals surface area contributed by atoms with Crippen LogP contribution in [0.25, 0.3) is 0 Å². The second-order valence-electron chi connectivity index (χ2n) is 5.31. The van der Waals surface area contributed by atoms with Crippen LogP contribution in [0.4, 0.5) is 0 Å². The van der Waals surface area contributed by atoms with E-state index in [0.717, 1.165) is 25.7 Å². The summed E-state index contributed by atoms with van der Waals surface area (Å²) in [5.41, 5.74) is 0. The summed E-state index contributed by atoms with van der Waals surface area (Å²) in [7, 11) is 0. The van der Waals surface area contributed by atoms with Crippen molar-refractivity contribution in [2.24, 2.45) is 11.8 Å². The highest BCUT2D eigenvalue weighted by Gasteiger charge is 2.27. The van der Waals surface area contributed by atoms with Crippen LogP contribution in [0.5, 0.6) is 0 Å². The molecule has 1 aliphatic carbocycles. The predicted octanol–water partition coefficient (Wildman–Crippen LogP) is 3.75. The maximum Gasteiger partial charge on any atom is 0.303 e. The van der Waals surface area contributed by atoms with Crippen molar-refractivity contribution in [3.63, 3.8) is 0 Å². The number of hydrogen-bond acceptors (Lipinski definition) is 2. The molecule has 0 aromatic heterocycles. The van der Waals surface area contributed by atoms with Gasteiger partial charge in [0.2, 0.25) is 0 Å². The summed E-state index contributed by atoms with van der Waals surface area (Å²) in [6, 6.07) is 0. The van der Waals surface area contributed by atoms with Gasteiger partial charge in [0.15, 0.2) is 5.78 Å². The number of allylic oxidation sites excluding steroid dienone is 4. The molecule has 0 heterocycles. The van der Waals surface area contributed by atoms with Gasteiger partial charge in [-0.3, -0.25) is 9.59 Å². The first-order chi connectivity index (χ1) is 10.1. The van der Waals surface area contributed by atoms with Crippen molar-refractivity contribution in [3.05, 3.63) is 24.3 Å². The lowest BCUT2D eigenvalue weighted by molar-refractivity contribution is -0.137. The third-order valence-electron chi connectivity index (χ3n) is 3.59. The fourth-order valence-electron chi connectivity index (χ4n) is 2.37. The van der Waals surface area contributed by atoms with Gasteiger partial charge in [-0.05, 0) is 37.7 Å². The Balaban J connectivity index is 2.29. The molecule has 3 nitrogen and oxygen atoms in total. The van der Waals surface area contributed by atoms with Gasteiger partial charge < -0.3 is 5.11 Å². The lowest BCUT2D eigenvalue weighted by atomic mass is 9.89. The van der Waals surface area contributed by atoms with Gasteiger partial charge in [-0.25, -0.2) is 0 Å². The van der Waals surface area contributed by atoms with E-state index in [1.54, 1.807) is 6.08 Å². The Kier molecular flexibility index (Phi) is 8.19. The first-order valence-corrected chi connectivity index (χ1v) is 7.69. The second kappa shape index (κ2) is 9.99. The molecule has 0 unspecified atom stereocenters. The maximum absolute atomic E-state index is 11.8. The molecule has 0 aliphatic heterocycles. The summed E-state index contributed by atoms with van der Waals surface area (Å²) < 4.78 is 0. The van der Waals surface area contributed by atoms with Crippen LogP contribution in [-0.4, -0.2) is 16.9 Å². The Morgan fingerprint density at radius 2 is 2.14 bits per heavy atom. The topological polar surface area (TPSA) is 54.4 Å². The summed E-state index contributed by atoms with van der Waals surface area (Å²) >= 11 is 0. The largest absolute Gasteiger partial charge is 0.481 e. The van der Waals surface area contributed by atoms with Crippen LogP contribution < -0.4 is 0 Å². The molecule has 0 aromatic carbocycles. The van der Waals surface area contributed by atoms with Crippen LogP contribution in [0.1, 0.15) is 51.9 Å². The standard InChI is InChI=1S/C18H24O3/c1-2-3-7-11-16-15(13-14-17(16)19)10-8-5-4-6-9-12-18(20)21/h3,7,13-16H,2,4,6,9-12H2,1H3,(H,20,21)/b7-3-/t15-,16+/m1/s1. The monoisotopic (exact) mass is 288 g/mol. The molecule has 0 fully saturated rings. The highest BCUT2D eigenvalue weighted by atomic mass is 16.4. The third kappa shape index (κ3) is 6.94. The molecular weight excluding hydrogens is 264 g/mol. The third-order valence-corrected chi connectivity index (χ3v) is 3.59. The Morgan fingerprint density at radius 1 is 1.33 bits per heavy atom. The fourth-order valence-corrected chi connectivity index (χ4v) is 2.37. The maximum atomic E-state index is 11.8. The van der Waals surface area contributed by atoms with Gasteiger partial charge in [-0.2, -0.15) is 0 Å². The summed E-state index contributed by atoms with van der Waals surface area (Å²) in [6.45, 7) is 2.08. The number of unbranched alkanes of at least 4 members (excludes halogenated alkanes) is 2. The Bertz CT molecular complexity index is 463. The highest BCUT2D eigenvalue weighted by Crippen LogP contribution is 2.28. The second-order valence-corrected chi connectivity index (χ2v) is 5.31. The van der Waals surface area contributed by atoms with Crippen LogP contribution in [0, 0.1) is 23.7 Å². The van der Waals surface area contributed by atoms with E-state index in [9.17, 15) is 9.59 Å². The molecule has 0 saturated carbocycles. The highest BCUT2D eigenvalue weighted by molar-refractivity contribution is 5.94. The molecule has 21 heavy (non-hydrogen) atoms. The molecule has 0 aromatic rings. The van der Waals surface area contributed by atoms with Gasteiger partial charge in [-0.15, -0.1) is 11.8 Å². The molecule has 1 N–H and O–H groups in total. The molecule has 2 atom stereocenters. The van der Waals surface area contributed by atoms with Crippen molar-refractivity contribution in [2.45, 2.75) is 51.9 Å². The van der Waals surface area contributed by atoms with E-state index in [1.165, 1.54) is 0 Å². The SMILES string of the molecule is CC/C=C\C[C@@H]1C(=O)C=C[C@H]1CC#CCCCCC(=O)O. The van der Waals surface area contributed by atoms with Gasteiger partial charge >= 0.3 is 5.97 Å². The predicted molar refractivity (Wildman–Crippen MR) is 83.7 cm³/mol. The number of carbonyl (C=O) groups excluding carboxylic acids is 1. The van der Waals surface area contributed by atoms with E-state index >= 15 is 0 Å². The van der Waals surface area contributed by atoms with Gasteiger partial charge in [-0.1, -0.05) is 25.2 Å². The zero-order chi connectivity index (χ0) is 15.5. The van der Waals surface area contributed by atoms with Crippen molar-refractivity contribution >= 4 is 11.8 Å². The van der Waals surface area contributed by atoms with Crippen molar-refractivity contribution in [1.29, 1.82) is 0 Å². The van der Waals surface area contributed by atoms with Crippen LogP contribution >= 0.6 is 0 Å². The molecular formula is C18H24O3. The van der Waals surface area contributed by atoms with E-state index in [0.29, 0.717) is 12.8 Å². The van der Waals surface area contributed by atoms with Gasteiger partial charge in [0.25, 0.3) is 0 Å². The number of carboxylic acid groups (broad SMARTS) is 1. The minimum Gasteiger partial charge on any atom is -0.481 e. The lowest BCUT2D eigenvalue weighted by Gasteiger charge is -2.13. The van der Waals surface area contributed by atoms with E-state index in [4.69, 9.17) is 5.11 Å². The number of aliphatic carboxylic acids is 1. The van der Waals surface area contributed by atoms with Crippen molar-refractivity contribution in [3.8, 4) is 11.8 Å². The first-order valence-electron chi connectivity index (χ1n) is 7.69. The molecule has 0 spiro atoms. The molecule has 0 amide bonds. The van der Waals surface area contributed by atoms with Crippen molar-refractivity contribution in [2.75, 3.05) is 0 Å². The zero-order valence-electron chi connectivity index (χ0n) is 12.7. The molecule has 114 valence electrons. The van der Waals surface area contributed by atoms with E-state index < -0.39 is 5.97 Å². The van der Waals surface area contributed by atoms with E-state index in [1.807, 2.05) is 6.08 Å². The average molecular weight is 288 g/mol. The average Bonchev–Trinajstić information content (AvgIpc) is 2.79. The number of carbonyl (C=O) groups is 2. The Labute approximate surface area is 127 Å². The van der Waals surface area contributed by atoms with E-state index in [2.05, 4.69) is 30.9 Å². The normalized spacial score (nSPS) is 20.7. The molecule has 1 rings (SSSR count). The summed E-state index contributed by atoms with van der Waals surface area (Å²) in [5, 5.41) is 8.52. The summed E-state index contributed by atoms with van der Waals surface area (Å²) in [4.78, 5) is 22.1. The smallest absolute Gasteiger partial charge is 0.303 e. The molecule has 0 bridgehead atoms. The molecule has 0 saturated heterocycles.